The van der Waals surface area contributed by atoms with Crippen molar-refractivity contribution in [3.63, 3.8) is 0 Å². The van der Waals surface area contributed by atoms with Gasteiger partial charge in [0.15, 0.2) is 5.88 Å². The average molecular weight is 357 g/mol. The van der Waals surface area contributed by atoms with Gasteiger partial charge in [-0.1, -0.05) is 18.2 Å². The van der Waals surface area contributed by atoms with E-state index in [1.807, 2.05) is 18.2 Å². The van der Waals surface area contributed by atoms with Crippen LogP contribution < -0.4 is 4.74 Å². The molecule has 0 bridgehead atoms. The number of ether oxygens (including phenoxy) is 1. The first-order chi connectivity index (χ1) is 12.4. The van der Waals surface area contributed by atoms with Crippen LogP contribution in [0.5, 0.6) is 11.6 Å². The molecule has 0 spiro atoms. The standard InChI is InChI=1S/C20H14F3NO2/c1-26-14-7-4-12-8-16-17(10-24-19(16)25)18(15(12)9-14)11-2-5-13(6-3-11)20(21,22)23/h2-10,24-25H,1H3. The van der Waals surface area contributed by atoms with Crippen LogP contribution in [-0.4, -0.2) is 17.2 Å². The van der Waals surface area contributed by atoms with Crippen LogP contribution in [0.3, 0.4) is 0 Å². The van der Waals surface area contributed by atoms with Crippen LogP contribution in [0.2, 0.25) is 0 Å². The number of hydrogen-bond acceptors (Lipinski definition) is 2. The molecule has 0 radical (unpaired) electrons. The van der Waals surface area contributed by atoms with E-state index in [-0.39, 0.29) is 5.88 Å². The predicted molar refractivity (Wildman–Crippen MR) is 94.5 cm³/mol. The molecule has 4 aromatic rings. The first kappa shape index (κ1) is 16.3. The summed E-state index contributed by atoms with van der Waals surface area (Å²) in [7, 11) is 1.56. The van der Waals surface area contributed by atoms with Crippen LogP contribution in [0, 0.1) is 0 Å². The molecule has 3 aromatic carbocycles. The summed E-state index contributed by atoms with van der Waals surface area (Å²) in [6.45, 7) is 0. The Morgan fingerprint density at radius 3 is 2.31 bits per heavy atom. The molecule has 3 nitrogen and oxygen atoms in total. The third-order valence-electron chi connectivity index (χ3n) is 4.50. The molecule has 1 aromatic heterocycles. The predicted octanol–water partition coefficient (Wildman–Crippen LogP) is 5.72. The van der Waals surface area contributed by atoms with Crippen molar-refractivity contribution in [1.82, 2.24) is 4.98 Å². The molecule has 4 rings (SSSR count). The average Bonchev–Trinajstić information content (AvgIpc) is 2.99. The number of benzene rings is 3. The summed E-state index contributed by atoms with van der Waals surface area (Å²) in [6, 6.07) is 12.3. The number of methoxy groups -OCH3 is 1. The first-order valence-corrected chi connectivity index (χ1v) is 7.87. The zero-order chi connectivity index (χ0) is 18.5. The lowest BCUT2D eigenvalue weighted by atomic mass is 9.93. The number of aromatic nitrogens is 1. The highest BCUT2D eigenvalue weighted by Gasteiger charge is 2.30. The van der Waals surface area contributed by atoms with Crippen LogP contribution in [0.25, 0.3) is 32.7 Å². The second-order valence-corrected chi connectivity index (χ2v) is 6.01. The first-order valence-electron chi connectivity index (χ1n) is 7.87. The van der Waals surface area contributed by atoms with Crippen LogP contribution in [0.15, 0.2) is 54.7 Å². The van der Waals surface area contributed by atoms with Gasteiger partial charge in [0.1, 0.15) is 5.75 Å². The highest BCUT2D eigenvalue weighted by Crippen LogP contribution is 2.41. The van der Waals surface area contributed by atoms with E-state index in [0.717, 1.165) is 33.9 Å². The molecule has 0 saturated heterocycles. The largest absolute Gasteiger partial charge is 0.497 e. The van der Waals surface area contributed by atoms with Gasteiger partial charge in [0.2, 0.25) is 0 Å². The molecule has 0 unspecified atom stereocenters. The molecule has 1 heterocycles. The van der Waals surface area contributed by atoms with Crippen LogP contribution in [0.4, 0.5) is 13.2 Å². The minimum absolute atomic E-state index is 0.0193. The molecule has 132 valence electrons. The normalized spacial score (nSPS) is 12.0. The molecule has 0 atom stereocenters. The SMILES string of the molecule is COc1ccc2cc3c(O)[nH]cc3c(-c3ccc(C(F)(F)F)cc3)c2c1. The van der Waals surface area contributed by atoms with Crippen molar-refractivity contribution in [1.29, 1.82) is 0 Å². The maximum Gasteiger partial charge on any atom is 0.416 e. The Kier molecular flexibility index (Phi) is 3.57. The maximum absolute atomic E-state index is 12.9. The molecule has 2 N–H and O–H groups in total. The smallest absolute Gasteiger partial charge is 0.416 e. The van der Waals surface area contributed by atoms with Gasteiger partial charge in [-0.2, -0.15) is 13.2 Å². The number of alkyl halides is 3. The summed E-state index contributed by atoms with van der Waals surface area (Å²) in [4.78, 5) is 2.77. The van der Waals surface area contributed by atoms with Gasteiger partial charge in [-0.05, 0) is 52.2 Å². The molecule has 0 amide bonds. The monoisotopic (exact) mass is 357 g/mol. The topological polar surface area (TPSA) is 45.2 Å². The Morgan fingerprint density at radius 1 is 0.923 bits per heavy atom. The van der Waals surface area contributed by atoms with Gasteiger partial charge in [0.25, 0.3) is 0 Å². The molecule has 0 aliphatic heterocycles. The highest BCUT2D eigenvalue weighted by atomic mass is 19.4. The van der Waals surface area contributed by atoms with Gasteiger partial charge in [-0.3, -0.25) is 0 Å². The molecule has 0 aliphatic rings. The van der Waals surface area contributed by atoms with Gasteiger partial charge in [0.05, 0.1) is 12.7 Å². The molecule has 0 saturated carbocycles. The molecule has 6 heteroatoms. The lowest BCUT2D eigenvalue weighted by Gasteiger charge is -2.12. The van der Waals surface area contributed by atoms with E-state index in [4.69, 9.17) is 4.74 Å². The fourth-order valence-corrected chi connectivity index (χ4v) is 3.22. The van der Waals surface area contributed by atoms with Gasteiger partial charge in [-0.15, -0.1) is 0 Å². The fraction of sp³-hybridized carbons (Fsp3) is 0.100. The highest BCUT2D eigenvalue weighted by molar-refractivity contribution is 6.14. The second-order valence-electron chi connectivity index (χ2n) is 6.01. The van der Waals surface area contributed by atoms with Crippen molar-refractivity contribution in [3.05, 3.63) is 60.3 Å². The molecule has 0 aliphatic carbocycles. The Hall–Kier alpha value is -3.15. The van der Waals surface area contributed by atoms with Gasteiger partial charge < -0.3 is 14.8 Å². The van der Waals surface area contributed by atoms with E-state index in [2.05, 4.69) is 4.98 Å². The van der Waals surface area contributed by atoms with E-state index in [1.165, 1.54) is 12.1 Å². The van der Waals surface area contributed by atoms with Gasteiger partial charge in [0, 0.05) is 17.0 Å². The number of nitrogens with one attached hydrogen (secondary N) is 1. The van der Waals surface area contributed by atoms with Gasteiger partial charge in [-0.25, -0.2) is 0 Å². The Labute approximate surface area is 146 Å². The zero-order valence-electron chi connectivity index (χ0n) is 13.7. The summed E-state index contributed by atoms with van der Waals surface area (Å²) >= 11 is 0. The van der Waals surface area contributed by atoms with Crippen molar-refractivity contribution >= 4 is 21.5 Å². The lowest BCUT2D eigenvalue weighted by molar-refractivity contribution is -0.137. The van der Waals surface area contributed by atoms with E-state index in [0.29, 0.717) is 16.7 Å². The lowest BCUT2D eigenvalue weighted by Crippen LogP contribution is -2.04. The fourth-order valence-electron chi connectivity index (χ4n) is 3.22. The number of rotatable bonds is 2. The van der Waals surface area contributed by atoms with Crippen molar-refractivity contribution in [2.24, 2.45) is 0 Å². The van der Waals surface area contributed by atoms with Crippen LogP contribution >= 0.6 is 0 Å². The number of halogens is 3. The number of fused-ring (bicyclic) bond motifs is 2. The summed E-state index contributed by atoms with van der Waals surface area (Å²) < 4.78 is 43.9. The van der Waals surface area contributed by atoms with Crippen LogP contribution in [0.1, 0.15) is 5.56 Å². The molecule has 26 heavy (non-hydrogen) atoms. The van der Waals surface area contributed by atoms with Crippen molar-refractivity contribution < 1.29 is 23.0 Å². The van der Waals surface area contributed by atoms with E-state index in [9.17, 15) is 18.3 Å². The quantitative estimate of drug-likeness (QED) is 0.482. The molecular formula is C20H14F3NO2. The summed E-state index contributed by atoms with van der Waals surface area (Å²) in [5, 5.41) is 13.1. The van der Waals surface area contributed by atoms with Crippen molar-refractivity contribution in [3.8, 4) is 22.8 Å². The Balaban J connectivity index is 2.04. The van der Waals surface area contributed by atoms with Crippen molar-refractivity contribution in [2.75, 3.05) is 7.11 Å². The zero-order valence-corrected chi connectivity index (χ0v) is 13.7. The van der Waals surface area contributed by atoms with Gasteiger partial charge >= 0.3 is 6.18 Å². The van der Waals surface area contributed by atoms with Crippen molar-refractivity contribution in [2.45, 2.75) is 6.18 Å². The number of aromatic hydroxyl groups is 1. The summed E-state index contributed by atoms with van der Waals surface area (Å²) in [5.74, 6) is 0.663. The summed E-state index contributed by atoms with van der Waals surface area (Å²) in [5.41, 5.74) is 0.662. The maximum atomic E-state index is 12.9. The second kappa shape index (κ2) is 5.69. The number of aromatic amines is 1. The molecule has 0 fully saturated rings. The minimum atomic E-state index is -4.39. The minimum Gasteiger partial charge on any atom is -0.497 e. The Bertz CT molecular complexity index is 1110. The van der Waals surface area contributed by atoms with E-state index in [1.54, 1.807) is 19.4 Å². The summed E-state index contributed by atoms with van der Waals surface area (Å²) in [6.07, 6.45) is -2.74. The third-order valence-corrected chi connectivity index (χ3v) is 4.50. The molecular weight excluding hydrogens is 343 g/mol. The Morgan fingerprint density at radius 2 is 1.65 bits per heavy atom. The number of H-pyrrole nitrogens is 1. The number of hydrogen-bond donors (Lipinski definition) is 2. The van der Waals surface area contributed by atoms with E-state index < -0.39 is 11.7 Å². The van der Waals surface area contributed by atoms with Crippen LogP contribution in [-0.2, 0) is 6.18 Å². The van der Waals surface area contributed by atoms with E-state index >= 15 is 0 Å². The third kappa shape index (κ3) is 2.54.